The van der Waals surface area contributed by atoms with Gasteiger partial charge in [-0.15, -0.1) is 0 Å². The molecule has 2 aromatic rings. The van der Waals surface area contributed by atoms with E-state index in [2.05, 4.69) is 10.3 Å². The largest absolute Gasteiger partial charge is 0.353 e. The Labute approximate surface area is 213 Å². The first-order valence-corrected chi connectivity index (χ1v) is 12.6. The second kappa shape index (κ2) is 10.4. The summed E-state index contributed by atoms with van der Waals surface area (Å²) in [6.07, 6.45) is 4.78. The van der Waals surface area contributed by atoms with Gasteiger partial charge in [-0.05, 0) is 36.1 Å². The minimum Gasteiger partial charge on any atom is -0.353 e. The van der Waals surface area contributed by atoms with Crippen molar-refractivity contribution in [2.75, 3.05) is 19.7 Å². The molecule has 2 fully saturated rings. The maximum absolute atomic E-state index is 13.8. The highest BCUT2D eigenvalue weighted by Crippen LogP contribution is 2.39. The van der Waals surface area contributed by atoms with Crippen LogP contribution in [0.25, 0.3) is 0 Å². The number of hydrogen-bond donors (Lipinski definition) is 1. The zero-order valence-corrected chi connectivity index (χ0v) is 21.6. The van der Waals surface area contributed by atoms with Crippen LogP contribution in [0, 0.1) is 12.3 Å². The number of hydrogen-bond acceptors (Lipinski definition) is 5. The summed E-state index contributed by atoms with van der Waals surface area (Å²) in [7, 11) is 0. The predicted octanol–water partition coefficient (Wildman–Crippen LogP) is 3.30. The number of aryl methyl sites for hydroxylation is 1. The normalized spacial score (nSPS) is 19.4. The molecule has 2 saturated heterocycles. The van der Waals surface area contributed by atoms with Gasteiger partial charge in [-0.25, -0.2) is 0 Å². The lowest BCUT2D eigenvalue weighted by atomic mass is 9.90. The topological polar surface area (TPSA) is 91.8 Å². The van der Waals surface area contributed by atoms with Gasteiger partial charge in [0.2, 0.25) is 11.8 Å². The number of benzene rings is 1. The van der Waals surface area contributed by atoms with Crippen LogP contribution in [-0.4, -0.2) is 64.0 Å². The van der Waals surface area contributed by atoms with E-state index in [1.165, 1.54) is 0 Å². The van der Waals surface area contributed by atoms with Gasteiger partial charge >= 0.3 is 0 Å². The number of likely N-dealkylation sites (tertiary alicyclic amines) is 1. The van der Waals surface area contributed by atoms with Crippen molar-refractivity contribution in [2.45, 2.75) is 65.3 Å². The average Bonchev–Trinajstić information content (AvgIpc) is 3.20. The van der Waals surface area contributed by atoms with Crippen molar-refractivity contribution in [1.29, 1.82) is 0 Å². The molecule has 1 atom stereocenters. The minimum atomic E-state index is -0.921. The van der Waals surface area contributed by atoms with E-state index in [-0.39, 0.29) is 29.7 Å². The van der Waals surface area contributed by atoms with Crippen molar-refractivity contribution < 1.29 is 19.1 Å². The highest BCUT2D eigenvalue weighted by Gasteiger charge is 2.54. The van der Waals surface area contributed by atoms with Crippen molar-refractivity contribution in [1.82, 2.24) is 20.1 Å². The fourth-order valence-electron chi connectivity index (χ4n) is 4.96. The molecule has 3 amide bonds. The molecule has 2 aliphatic rings. The Balaban J connectivity index is 1.54. The monoisotopic (exact) mass is 492 g/mol. The molecular weight excluding hydrogens is 456 g/mol. The molecule has 8 heteroatoms. The van der Waals surface area contributed by atoms with E-state index in [0.29, 0.717) is 44.5 Å². The number of rotatable bonds is 5. The maximum atomic E-state index is 13.8. The second-order valence-corrected chi connectivity index (χ2v) is 11.0. The molecule has 2 aliphatic heterocycles. The lowest BCUT2D eigenvalue weighted by Gasteiger charge is -2.45. The second-order valence-electron chi connectivity index (χ2n) is 11.0. The summed E-state index contributed by atoms with van der Waals surface area (Å²) < 4.78 is 6.28. The number of carbonyl (C=O) groups is 3. The highest BCUT2D eigenvalue weighted by atomic mass is 16.5. The molecule has 4 rings (SSSR count). The average molecular weight is 493 g/mol. The Morgan fingerprint density at radius 3 is 2.53 bits per heavy atom. The maximum Gasteiger partial charge on any atom is 0.256 e. The summed E-state index contributed by atoms with van der Waals surface area (Å²) in [6.45, 7) is 9.48. The molecule has 1 spiro atoms. The number of ether oxygens (including phenoxy) is 1. The van der Waals surface area contributed by atoms with Gasteiger partial charge < -0.3 is 15.0 Å². The zero-order valence-electron chi connectivity index (χ0n) is 21.6. The van der Waals surface area contributed by atoms with Crippen molar-refractivity contribution in [2.24, 2.45) is 5.41 Å². The van der Waals surface area contributed by atoms with Crippen molar-refractivity contribution >= 4 is 17.7 Å². The molecule has 1 aromatic heterocycles. The number of piperidine rings is 1. The van der Waals surface area contributed by atoms with E-state index < -0.39 is 11.8 Å². The van der Waals surface area contributed by atoms with Gasteiger partial charge in [0.05, 0.1) is 6.61 Å². The van der Waals surface area contributed by atoms with Gasteiger partial charge in [-0.1, -0.05) is 44.5 Å². The number of aromatic nitrogens is 1. The quantitative estimate of drug-likeness (QED) is 0.692. The predicted molar refractivity (Wildman–Crippen MR) is 136 cm³/mol. The summed E-state index contributed by atoms with van der Waals surface area (Å²) in [5.41, 5.74) is 1.35. The Kier molecular flexibility index (Phi) is 7.45. The van der Waals surface area contributed by atoms with Crippen LogP contribution in [0.15, 0.2) is 48.8 Å². The fraction of sp³-hybridized carbons (Fsp3) is 0.500. The summed E-state index contributed by atoms with van der Waals surface area (Å²) in [5, 5.41) is 2.95. The van der Waals surface area contributed by atoms with Crippen LogP contribution in [0.1, 0.15) is 61.5 Å². The van der Waals surface area contributed by atoms with Crippen LogP contribution in [-0.2, 0) is 20.9 Å². The third-order valence-electron chi connectivity index (χ3n) is 6.82. The van der Waals surface area contributed by atoms with E-state index in [0.717, 1.165) is 11.1 Å². The SMILES string of the molecule is Cc1cccc(C(=O)N2C(C(=O)NCc3cccnc3)COC23CCN(C(=O)CC(C)(C)C)CC3)c1. The third-order valence-corrected chi connectivity index (χ3v) is 6.82. The van der Waals surface area contributed by atoms with Gasteiger partial charge in [0.1, 0.15) is 11.8 Å². The standard InChI is InChI=1S/C28H36N4O4/c1-20-7-5-9-22(15-20)26(35)32-23(25(34)30-18-21-8-6-12-29-17-21)19-36-28(32)10-13-31(14-11-28)24(33)16-27(2,3)4/h5-9,12,15,17,23H,10-11,13-14,16,18-19H2,1-4H3,(H,30,34). The molecule has 1 N–H and O–H groups in total. The van der Waals surface area contributed by atoms with Crippen LogP contribution in [0.5, 0.6) is 0 Å². The minimum absolute atomic E-state index is 0.0965. The molecule has 0 aliphatic carbocycles. The Morgan fingerprint density at radius 2 is 1.89 bits per heavy atom. The van der Waals surface area contributed by atoms with Crippen LogP contribution in [0.4, 0.5) is 0 Å². The summed E-state index contributed by atoms with van der Waals surface area (Å²) >= 11 is 0. The van der Waals surface area contributed by atoms with Crippen molar-refractivity contribution in [3.63, 3.8) is 0 Å². The van der Waals surface area contributed by atoms with Crippen LogP contribution >= 0.6 is 0 Å². The van der Waals surface area contributed by atoms with Crippen molar-refractivity contribution in [3.8, 4) is 0 Å². The van der Waals surface area contributed by atoms with E-state index in [9.17, 15) is 14.4 Å². The summed E-state index contributed by atoms with van der Waals surface area (Å²) in [4.78, 5) is 47.5. The lowest BCUT2D eigenvalue weighted by Crippen LogP contribution is -2.59. The first-order valence-electron chi connectivity index (χ1n) is 12.6. The summed E-state index contributed by atoms with van der Waals surface area (Å²) in [5.74, 6) is -0.382. The number of amides is 3. The van der Waals surface area contributed by atoms with E-state index >= 15 is 0 Å². The van der Waals surface area contributed by atoms with Crippen LogP contribution in [0.3, 0.4) is 0 Å². The molecule has 0 bridgehead atoms. The number of carbonyl (C=O) groups excluding carboxylic acids is 3. The molecule has 0 radical (unpaired) electrons. The van der Waals surface area contributed by atoms with Gasteiger partial charge in [0, 0.05) is 56.9 Å². The zero-order chi connectivity index (χ0) is 25.9. The van der Waals surface area contributed by atoms with Gasteiger partial charge in [-0.3, -0.25) is 24.3 Å². The molecule has 36 heavy (non-hydrogen) atoms. The van der Waals surface area contributed by atoms with E-state index in [4.69, 9.17) is 4.74 Å². The van der Waals surface area contributed by atoms with Gasteiger partial charge in [-0.2, -0.15) is 0 Å². The summed E-state index contributed by atoms with van der Waals surface area (Å²) in [6, 6.07) is 10.3. The first-order chi connectivity index (χ1) is 17.1. The molecule has 1 aromatic carbocycles. The van der Waals surface area contributed by atoms with Gasteiger partial charge in [0.15, 0.2) is 0 Å². The van der Waals surface area contributed by atoms with Crippen molar-refractivity contribution in [3.05, 3.63) is 65.5 Å². The Hall–Kier alpha value is -3.26. The Morgan fingerprint density at radius 1 is 1.14 bits per heavy atom. The Bertz CT molecular complexity index is 1100. The molecule has 192 valence electrons. The number of nitrogens with one attached hydrogen (secondary N) is 1. The lowest BCUT2D eigenvalue weighted by molar-refractivity contribution is -0.145. The molecule has 8 nitrogen and oxygen atoms in total. The molecule has 1 unspecified atom stereocenters. The van der Waals surface area contributed by atoms with Crippen LogP contribution < -0.4 is 5.32 Å². The first kappa shape index (κ1) is 25.8. The fourth-order valence-corrected chi connectivity index (χ4v) is 4.96. The smallest absolute Gasteiger partial charge is 0.256 e. The molecule has 3 heterocycles. The highest BCUT2D eigenvalue weighted by molar-refractivity contribution is 5.98. The molecular formula is C28H36N4O4. The number of pyridine rings is 1. The van der Waals surface area contributed by atoms with Gasteiger partial charge in [0.25, 0.3) is 5.91 Å². The van der Waals surface area contributed by atoms with E-state index in [1.54, 1.807) is 23.4 Å². The van der Waals surface area contributed by atoms with E-state index in [1.807, 2.05) is 62.9 Å². The van der Waals surface area contributed by atoms with Crippen LogP contribution in [0.2, 0.25) is 0 Å². The molecule has 0 saturated carbocycles. The third kappa shape index (κ3) is 5.75. The number of nitrogens with zero attached hydrogens (tertiary/aromatic N) is 3.